The molecule has 0 saturated heterocycles. The molecule has 34 heavy (non-hydrogen) atoms. The molecule has 4 rings (SSSR count). The summed E-state index contributed by atoms with van der Waals surface area (Å²) in [6, 6.07) is 18.7. The monoisotopic (exact) mass is 478 g/mol. The van der Waals surface area contributed by atoms with Gasteiger partial charge in [-0.05, 0) is 30.3 Å². The third-order valence-electron chi connectivity index (χ3n) is 5.05. The highest BCUT2D eigenvalue weighted by Gasteiger charge is 2.18. The van der Waals surface area contributed by atoms with Crippen molar-refractivity contribution < 1.29 is 22.8 Å². The van der Waals surface area contributed by atoms with Crippen LogP contribution >= 0.6 is 0 Å². The van der Waals surface area contributed by atoms with Gasteiger partial charge in [0.1, 0.15) is 22.0 Å². The van der Waals surface area contributed by atoms with Gasteiger partial charge in [-0.3, -0.25) is 9.54 Å². The van der Waals surface area contributed by atoms with Gasteiger partial charge >= 0.3 is 0 Å². The van der Waals surface area contributed by atoms with Crippen LogP contribution in [0.2, 0.25) is 0 Å². The van der Waals surface area contributed by atoms with Crippen molar-refractivity contribution in [3.63, 3.8) is 0 Å². The second kappa shape index (κ2) is 9.96. The van der Waals surface area contributed by atoms with Crippen molar-refractivity contribution in [2.24, 2.45) is 10.2 Å². The number of rotatable bonds is 8. The number of aliphatic hydroxyl groups excluding tert-OH is 1. The van der Waals surface area contributed by atoms with Crippen molar-refractivity contribution in [3.8, 4) is 17.0 Å². The highest BCUT2D eigenvalue weighted by atomic mass is 32.2. The van der Waals surface area contributed by atoms with Crippen molar-refractivity contribution in [3.05, 3.63) is 72.9 Å². The van der Waals surface area contributed by atoms with Crippen molar-refractivity contribution in [2.75, 3.05) is 18.9 Å². The first kappa shape index (κ1) is 23.3. The van der Waals surface area contributed by atoms with E-state index in [0.29, 0.717) is 40.9 Å². The highest BCUT2D eigenvalue weighted by molar-refractivity contribution is 7.86. The number of nitrogen functional groups attached to an aromatic ring is 1. The van der Waals surface area contributed by atoms with Crippen LogP contribution in [0.5, 0.6) is 5.75 Å². The molecule has 4 aromatic rings. The van der Waals surface area contributed by atoms with Gasteiger partial charge in [0.2, 0.25) is 0 Å². The summed E-state index contributed by atoms with van der Waals surface area (Å²) in [5, 5.41) is 17.9. The number of anilines is 1. The fourth-order valence-electron chi connectivity index (χ4n) is 3.41. The number of pyridine rings is 1. The predicted molar refractivity (Wildman–Crippen MR) is 129 cm³/mol. The quantitative estimate of drug-likeness (QED) is 0.141. The number of hydrogen-bond donors (Lipinski definition) is 3. The smallest absolute Gasteiger partial charge is 0.295 e. The molecule has 0 aliphatic carbocycles. The van der Waals surface area contributed by atoms with Crippen molar-refractivity contribution in [1.29, 1.82) is 0 Å². The Balaban J connectivity index is 1.64. The van der Waals surface area contributed by atoms with Crippen molar-refractivity contribution >= 4 is 38.0 Å². The normalized spacial score (nSPS) is 11.8. The van der Waals surface area contributed by atoms with Gasteiger partial charge in [0.15, 0.2) is 0 Å². The molecule has 0 amide bonds. The van der Waals surface area contributed by atoms with Gasteiger partial charge in [0, 0.05) is 29.4 Å². The SMILES string of the molecule is Nc1c(/N=N/c2ccc(-c3ccccc3OCCCO)nc2)cc(S(=O)(=O)O)c2ccccc12. The zero-order valence-corrected chi connectivity index (χ0v) is 18.8. The third kappa shape index (κ3) is 5.04. The molecule has 0 spiro atoms. The number of aliphatic hydroxyl groups is 1. The van der Waals surface area contributed by atoms with Gasteiger partial charge in [-0.25, -0.2) is 0 Å². The molecule has 3 aromatic carbocycles. The maximum Gasteiger partial charge on any atom is 0.295 e. The Bertz CT molecular complexity index is 1450. The van der Waals surface area contributed by atoms with Crippen LogP contribution in [0.3, 0.4) is 0 Å². The molecule has 0 aliphatic heterocycles. The van der Waals surface area contributed by atoms with E-state index >= 15 is 0 Å². The van der Waals surface area contributed by atoms with E-state index in [1.54, 1.807) is 36.4 Å². The lowest BCUT2D eigenvalue weighted by Gasteiger charge is -2.10. The van der Waals surface area contributed by atoms with Crippen LogP contribution in [-0.2, 0) is 10.1 Å². The van der Waals surface area contributed by atoms with Crippen LogP contribution in [-0.4, -0.2) is 36.3 Å². The van der Waals surface area contributed by atoms with Crippen molar-refractivity contribution in [2.45, 2.75) is 11.3 Å². The molecule has 0 saturated carbocycles. The van der Waals surface area contributed by atoms with E-state index in [1.165, 1.54) is 12.3 Å². The van der Waals surface area contributed by atoms with Crippen LogP contribution < -0.4 is 10.5 Å². The van der Waals surface area contributed by atoms with E-state index in [1.807, 2.05) is 24.3 Å². The maximum atomic E-state index is 11.9. The molecule has 0 bridgehead atoms. The molecule has 0 radical (unpaired) electrons. The number of aromatic nitrogens is 1. The van der Waals surface area contributed by atoms with E-state index in [0.717, 1.165) is 5.56 Å². The van der Waals surface area contributed by atoms with Crippen LogP contribution in [0.4, 0.5) is 17.1 Å². The summed E-state index contributed by atoms with van der Waals surface area (Å²) in [6.45, 7) is 0.437. The Morgan fingerprint density at radius 1 is 0.971 bits per heavy atom. The van der Waals surface area contributed by atoms with E-state index in [9.17, 15) is 13.0 Å². The molecule has 9 nitrogen and oxygen atoms in total. The molecule has 4 N–H and O–H groups in total. The Morgan fingerprint density at radius 2 is 1.71 bits per heavy atom. The first-order valence-corrected chi connectivity index (χ1v) is 11.8. The number of benzene rings is 3. The molecule has 174 valence electrons. The number of para-hydroxylation sites is 1. The van der Waals surface area contributed by atoms with Crippen LogP contribution in [0, 0.1) is 0 Å². The van der Waals surface area contributed by atoms with E-state index in [-0.39, 0.29) is 22.9 Å². The number of nitrogens with two attached hydrogens (primary N) is 1. The summed E-state index contributed by atoms with van der Waals surface area (Å²) in [6.07, 6.45) is 2.04. The summed E-state index contributed by atoms with van der Waals surface area (Å²) < 4.78 is 39.1. The number of azo groups is 1. The van der Waals surface area contributed by atoms with Gasteiger partial charge in [-0.1, -0.05) is 36.4 Å². The van der Waals surface area contributed by atoms with Crippen LogP contribution in [0.15, 0.2) is 88.1 Å². The molecular weight excluding hydrogens is 456 g/mol. The molecule has 1 aromatic heterocycles. The largest absolute Gasteiger partial charge is 0.493 e. The Hall–Kier alpha value is -3.86. The summed E-state index contributed by atoms with van der Waals surface area (Å²) >= 11 is 0. The minimum Gasteiger partial charge on any atom is -0.493 e. The molecule has 0 aliphatic rings. The van der Waals surface area contributed by atoms with Crippen LogP contribution in [0.25, 0.3) is 22.0 Å². The summed E-state index contributed by atoms with van der Waals surface area (Å²) in [4.78, 5) is 4.14. The zero-order valence-electron chi connectivity index (χ0n) is 18.0. The van der Waals surface area contributed by atoms with E-state index in [2.05, 4.69) is 15.2 Å². The number of fused-ring (bicyclic) bond motifs is 1. The minimum absolute atomic E-state index is 0.0492. The first-order chi connectivity index (χ1) is 16.4. The lowest BCUT2D eigenvalue weighted by Crippen LogP contribution is -2.01. The molecule has 1 heterocycles. The molecule has 10 heteroatoms. The van der Waals surface area contributed by atoms with Gasteiger partial charge in [-0.15, -0.1) is 10.2 Å². The first-order valence-electron chi connectivity index (χ1n) is 10.4. The molecule has 0 fully saturated rings. The van der Waals surface area contributed by atoms with Crippen LogP contribution in [0.1, 0.15) is 6.42 Å². The van der Waals surface area contributed by atoms with Gasteiger partial charge < -0.3 is 15.6 Å². The van der Waals surface area contributed by atoms with Gasteiger partial charge in [0.25, 0.3) is 10.1 Å². The molecule has 0 atom stereocenters. The van der Waals surface area contributed by atoms with Gasteiger partial charge in [0.05, 0.1) is 24.2 Å². The summed E-state index contributed by atoms with van der Waals surface area (Å²) in [7, 11) is -4.50. The van der Waals surface area contributed by atoms with Gasteiger partial charge in [-0.2, -0.15) is 8.42 Å². The fourth-order valence-corrected chi connectivity index (χ4v) is 4.13. The Morgan fingerprint density at radius 3 is 2.41 bits per heavy atom. The summed E-state index contributed by atoms with van der Waals surface area (Å²) in [5.74, 6) is 0.652. The zero-order chi connectivity index (χ0) is 24.1. The molecule has 0 unspecified atom stereocenters. The number of hydrogen-bond acceptors (Lipinski definition) is 8. The van der Waals surface area contributed by atoms with E-state index in [4.69, 9.17) is 15.6 Å². The minimum atomic E-state index is -4.50. The molecular formula is C24H22N4O5S. The number of nitrogens with zero attached hydrogens (tertiary/aromatic N) is 3. The highest BCUT2D eigenvalue weighted by Crippen LogP contribution is 2.37. The Kier molecular flexibility index (Phi) is 6.82. The van der Waals surface area contributed by atoms with Crippen molar-refractivity contribution in [1.82, 2.24) is 4.98 Å². The lowest BCUT2D eigenvalue weighted by molar-refractivity contribution is 0.234. The number of ether oxygens (including phenoxy) is 1. The second-order valence-electron chi connectivity index (χ2n) is 7.35. The fraction of sp³-hybridized carbons (Fsp3) is 0.125. The van der Waals surface area contributed by atoms with E-state index < -0.39 is 10.1 Å². The topological polar surface area (TPSA) is 147 Å². The average Bonchev–Trinajstić information content (AvgIpc) is 2.84. The predicted octanol–water partition coefficient (Wildman–Crippen LogP) is 4.91. The second-order valence-corrected chi connectivity index (χ2v) is 8.74. The maximum absolute atomic E-state index is 11.9. The lowest BCUT2D eigenvalue weighted by atomic mass is 10.1. The standard InChI is InChI=1S/C24H22N4O5S/c25-24-18-7-2-1-6-17(18)23(34(30,31)32)14-21(24)28-27-16-10-11-20(26-15-16)19-8-3-4-9-22(19)33-13-5-12-29/h1-4,6-11,14-15,29H,5,12-13,25H2,(H,30,31,32)/b28-27+. The Labute approximate surface area is 196 Å². The third-order valence-corrected chi connectivity index (χ3v) is 5.94. The average molecular weight is 479 g/mol. The summed E-state index contributed by atoms with van der Waals surface area (Å²) in [5.41, 5.74) is 8.41.